The first-order valence-electron chi connectivity index (χ1n) is 10.6. The molecule has 8 heteroatoms. The molecule has 0 aromatic heterocycles. The van der Waals surface area contributed by atoms with Crippen molar-refractivity contribution in [2.45, 2.75) is 6.54 Å². The molecular formula is C25H30N2O6. The summed E-state index contributed by atoms with van der Waals surface area (Å²) in [6.45, 7) is 1.80. The van der Waals surface area contributed by atoms with Crippen LogP contribution in [0, 0.1) is 0 Å². The molecule has 2 aromatic rings. The fourth-order valence-corrected chi connectivity index (χ4v) is 3.75. The number of carbonyl (C=O) groups excluding carboxylic acids is 2. The normalized spacial score (nSPS) is 13.6. The number of rotatable bonds is 12. The van der Waals surface area contributed by atoms with Gasteiger partial charge in [-0.05, 0) is 23.8 Å². The van der Waals surface area contributed by atoms with Gasteiger partial charge in [0, 0.05) is 32.9 Å². The third-order valence-corrected chi connectivity index (χ3v) is 5.47. The van der Waals surface area contributed by atoms with Gasteiger partial charge in [-0.1, -0.05) is 30.3 Å². The highest BCUT2D eigenvalue weighted by Gasteiger charge is 2.42. The topological polar surface area (TPSA) is 77.5 Å². The van der Waals surface area contributed by atoms with Crippen LogP contribution in [0.2, 0.25) is 0 Å². The molecule has 0 N–H and O–H groups in total. The molecular weight excluding hydrogens is 424 g/mol. The lowest BCUT2D eigenvalue weighted by molar-refractivity contribution is -0.138. The van der Waals surface area contributed by atoms with Crippen molar-refractivity contribution in [1.82, 2.24) is 9.80 Å². The molecule has 0 radical (unpaired) electrons. The first-order valence-corrected chi connectivity index (χ1v) is 10.6. The SMILES string of the molecule is COCCN(CCOC)C1=C(c2ccccc2OC)C(=O)N(Cc2ccc(OC)cc2)C1=O. The van der Waals surface area contributed by atoms with E-state index in [0.29, 0.717) is 54.6 Å². The monoisotopic (exact) mass is 454 g/mol. The van der Waals surface area contributed by atoms with E-state index < -0.39 is 0 Å². The fourth-order valence-electron chi connectivity index (χ4n) is 3.75. The van der Waals surface area contributed by atoms with Gasteiger partial charge in [-0.2, -0.15) is 0 Å². The Morgan fingerprint density at radius 3 is 2.00 bits per heavy atom. The Balaban J connectivity index is 2.05. The van der Waals surface area contributed by atoms with E-state index in [1.807, 2.05) is 29.2 Å². The molecule has 1 aliphatic heterocycles. The van der Waals surface area contributed by atoms with Crippen LogP contribution < -0.4 is 9.47 Å². The largest absolute Gasteiger partial charge is 0.497 e. The summed E-state index contributed by atoms with van der Waals surface area (Å²) in [5.41, 5.74) is 2.04. The van der Waals surface area contributed by atoms with E-state index in [2.05, 4.69) is 0 Å². The van der Waals surface area contributed by atoms with Gasteiger partial charge in [0.2, 0.25) is 0 Å². The maximum Gasteiger partial charge on any atom is 0.278 e. The molecule has 176 valence electrons. The molecule has 0 unspecified atom stereocenters. The average molecular weight is 455 g/mol. The summed E-state index contributed by atoms with van der Waals surface area (Å²) < 4.78 is 21.2. The Hall–Kier alpha value is -3.36. The second-order valence-corrected chi connectivity index (χ2v) is 7.44. The number of imide groups is 1. The summed E-state index contributed by atoms with van der Waals surface area (Å²) >= 11 is 0. The Kier molecular flexibility index (Phi) is 8.46. The average Bonchev–Trinajstić information content (AvgIpc) is 3.09. The Morgan fingerprint density at radius 2 is 1.42 bits per heavy atom. The minimum Gasteiger partial charge on any atom is -0.497 e. The van der Waals surface area contributed by atoms with Crippen molar-refractivity contribution in [3.05, 3.63) is 65.4 Å². The fraction of sp³-hybridized carbons (Fsp3) is 0.360. The Bertz CT molecular complexity index is 994. The second-order valence-electron chi connectivity index (χ2n) is 7.44. The molecule has 0 saturated carbocycles. The van der Waals surface area contributed by atoms with Gasteiger partial charge in [0.05, 0.1) is 39.6 Å². The molecule has 8 nitrogen and oxygen atoms in total. The zero-order valence-electron chi connectivity index (χ0n) is 19.5. The van der Waals surface area contributed by atoms with Crippen LogP contribution in [0.25, 0.3) is 5.57 Å². The summed E-state index contributed by atoms with van der Waals surface area (Å²) in [5, 5.41) is 0. The number of methoxy groups -OCH3 is 4. The lowest BCUT2D eigenvalue weighted by Gasteiger charge is -2.26. The zero-order valence-corrected chi connectivity index (χ0v) is 19.5. The Labute approximate surface area is 194 Å². The maximum atomic E-state index is 13.7. The van der Waals surface area contributed by atoms with Crippen molar-refractivity contribution >= 4 is 17.4 Å². The molecule has 33 heavy (non-hydrogen) atoms. The van der Waals surface area contributed by atoms with E-state index in [0.717, 1.165) is 5.56 Å². The van der Waals surface area contributed by atoms with Gasteiger partial charge in [0.15, 0.2) is 0 Å². The molecule has 1 aliphatic rings. The molecule has 0 spiro atoms. The smallest absolute Gasteiger partial charge is 0.278 e. The predicted octanol–water partition coefficient (Wildman–Crippen LogP) is 2.58. The van der Waals surface area contributed by atoms with Gasteiger partial charge < -0.3 is 23.8 Å². The number of nitrogens with zero attached hydrogens (tertiary/aromatic N) is 2. The van der Waals surface area contributed by atoms with Gasteiger partial charge >= 0.3 is 0 Å². The molecule has 0 bridgehead atoms. The molecule has 0 atom stereocenters. The molecule has 0 aliphatic carbocycles. The summed E-state index contributed by atoms with van der Waals surface area (Å²) in [7, 11) is 6.33. The van der Waals surface area contributed by atoms with E-state index in [1.54, 1.807) is 52.7 Å². The van der Waals surface area contributed by atoms with E-state index >= 15 is 0 Å². The summed E-state index contributed by atoms with van der Waals surface area (Å²) in [6, 6.07) is 14.5. The highest BCUT2D eigenvalue weighted by atomic mass is 16.5. The Morgan fingerprint density at radius 1 is 0.788 bits per heavy atom. The van der Waals surface area contributed by atoms with E-state index in [9.17, 15) is 9.59 Å². The van der Waals surface area contributed by atoms with Gasteiger partial charge in [-0.3, -0.25) is 14.5 Å². The van der Waals surface area contributed by atoms with Crippen LogP contribution in [0.15, 0.2) is 54.2 Å². The van der Waals surface area contributed by atoms with Crippen LogP contribution in [0.4, 0.5) is 0 Å². The van der Waals surface area contributed by atoms with Gasteiger partial charge in [-0.25, -0.2) is 0 Å². The number of hydrogen-bond acceptors (Lipinski definition) is 7. The third-order valence-electron chi connectivity index (χ3n) is 5.47. The van der Waals surface area contributed by atoms with Crippen molar-refractivity contribution in [3.8, 4) is 11.5 Å². The van der Waals surface area contributed by atoms with Gasteiger partial charge in [0.25, 0.3) is 11.8 Å². The van der Waals surface area contributed by atoms with Crippen LogP contribution in [-0.4, -0.2) is 76.4 Å². The molecule has 3 rings (SSSR count). The highest BCUT2D eigenvalue weighted by molar-refractivity contribution is 6.35. The number of ether oxygens (including phenoxy) is 4. The lowest BCUT2D eigenvalue weighted by atomic mass is 10.0. The second kappa shape index (κ2) is 11.5. The van der Waals surface area contributed by atoms with Crippen LogP contribution in [0.1, 0.15) is 11.1 Å². The minimum atomic E-state index is -0.366. The summed E-state index contributed by atoms with van der Waals surface area (Å²) in [6.07, 6.45) is 0. The first-order chi connectivity index (χ1) is 16.0. The lowest BCUT2D eigenvalue weighted by Crippen LogP contribution is -2.37. The molecule has 2 amide bonds. The van der Waals surface area contributed by atoms with Crippen LogP contribution in [0.3, 0.4) is 0 Å². The van der Waals surface area contributed by atoms with E-state index in [-0.39, 0.29) is 18.4 Å². The first kappa shape index (κ1) is 24.3. The number of hydrogen-bond donors (Lipinski definition) is 0. The van der Waals surface area contributed by atoms with Crippen molar-refractivity contribution in [1.29, 1.82) is 0 Å². The van der Waals surface area contributed by atoms with Crippen molar-refractivity contribution in [3.63, 3.8) is 0 Å². The molecule has 0 saturated heterocycles. The predicted molar refractivity (Wildman–Crippen MR) is 124 cm³/mol. The van der Waals surface area contributed by atoms with Gasteiger partial charge in [0.1, 0.15) is 17.2 Å². The maximum absolute atomic E-state index is 13.7. The van der Waals surface area contributed by atoms with E-state index in [1.165, 1.54) is 4.90 Å². The van der Waals surface area contributed by atoms with Crippen molar-refractivity contribution in [2.24, 2.45) is 0 Å². The van der Waals surface area contributed by atoms with Crippen LogP contribution in [-0.2, 0) is 25.6 Å². The molecule has 2 aromatic carbocycles. The highest BCUT2D eigenvalue weighted by Crippen LogP contribution is 2.36. The third kappa shape index (κ3) is 5.35. The van der Waals surface area contributed by atoms with Crippen molar-refractivity contribution < 1.29 is 28.5 Å². The standard InChI is InChI=1S/C25H30N2O6/c1-30-15-13-26(14-16-31-2)23-22(20-7-5-6-8-21(20)33-4)24(28)27(25(23)29)17-18-9-11-19(32-3)12-10-18/h5-12H,13-17H2,1-4H3. The van der Waals surface area contributed by atoms with Crippen LogP contribution >= 0.6 is 0 Å². The van der Waals surface area contributed by atoms with Crippen molar-refractivity contribution in [2.75, 3.05) is 54.7 Å². The number of benzene rings is 2. The number of amides is 2. The van der Waals surface area contributed by atoms with Crippen LogP contribution in [0.5, 0.6) is 11.5 Å². The van der Waals surface area contributed by atoms with Gasteiger partial charge in [-0.15, -0.1) is 0 Å². The minimum absolute atomic E-state index is 0.145. The quantitative estimate of drug-likeness (QED) is 0.456. The van der Waals surface area contributed by atoms with E-state index in [4.69, 9.17) is 18.9 Å². The zero-order chi connectivity index (χ0) is 23.8. The molecule has 1 heterocycles. The number of carbonyl (C=O) groups is 2. The molecule has 0 fully saturated rings. The number of para-hydroxylation sites is 1. The summed E-state index contributed by atoms with van der Waals surface area (Å²) in [4.78, 5) is 30.4. The summed E-state index contributed by atoms with van der Waals surface area (Å²) in [5.74, 6) is 0.506.